The molecule has 0 aliphatic rings. The largest absolute Gasteiger partial charge is 0.438 e. The van der Waals surface area contributed by atoms with Crippen molar-refractivity contribution in [3.8, 4) is 11.5 Å². The number of hydrogen-bond donors (Lipinski definition) is 2. The lowest BCUT2D eigenvalue weighted by Crippen LogP contribution is -2.63. The van der Waals surface area contributed by atoms with Crippen LogP contribution in [0.3, 0.4) is 0 Å². The first-order valence-electron chi connectivity index (χ1n) is 14.6. The molecule has 0 aliphatic heterocycles. The lowest BCUT2D eigenvalue weighted by Gasteiger charge is -2.35. The van der Waals surface area contributed by atoms with Gasteiger partial charge < -0.3 is 18.9 Å². The predicted octanol–water partition coefficient (Wildman–Crippen LogP) is 5.91. The molecule has 0 heterocycles. The van der Waals surface area contributed by atoms with Crippen LogP contribution >= 0.6 is 0 Å². The Hall–Kier alpha value is -5.22. The summed E-state index contributed by atoms with van der Waals surface area (Å²) in [5.41, 5.74) is -14.3. The summed E-state index contributed by atoms with van der Waals surface area (Å²) in [7, 11) is -12.1. The summed E-state index contributed by atoms with van der Waals surface area (Å²) in [5, 5.41) is 0. The summed E-state index contributed by atoms with van der Waals surface area (Å²) in [6.45, 7) is 2.12. The summed E-state index contributed by atoms with van der Waals surface area (Å²) >= 11 is 0. The number of alkyl halides is 12. The lowest BCUT2D eigenvalue weighted by atomic mass is 10.1. The van der Waals surface area contributed by atoms with E-state index < -0.39 is 114 Å². The molecule has 0 spiro atoms. The maximum Gasteiger partial charge on any atom is 0.438 e. The monoisotopic (exact) mass is 898 g/mol. The molecule has 0 bridgehead atoms. The zero-order chi connectivity index (χ0) is 45.1. The van der Waals surface area contributed by atoms with Crippen molar-refractivity contribution in [2.24, 2.45) is 0 Å². The first-order valence-corrected chi connectivity index (χ1v) is 17.8. The van der Waals surface area contributed by atoms with Gasteiger partial charge in [-0.15, -0.1) is 0 Å². The number of allylic oxidation sites excluding steroid dienone is 2. The molecule has 0 saturated heterocycles. The second kappa shape index (κ2) is 16.9. The molecule has 0 unspecified atom stereocenters. The van der Waals surface area contributed by atoms with Crippen molar-refractivity contribution >= 4 is 44.1 Å². The Morgan fingerprint density at radius 3 is 1.24 bits per heavy atom. The van der Waals surface area contributed by atoms with E-state index in [1.807, 2.05) is 0 Å². The van der Waals surface area contributed by atoms with Gasteiger partial charge in [-0.3, -0.25) is 9.11 Å². The fraction of sp³-hybridized carbons (Fsp3) is 0.333. The Morgan fingerprint density at radius 2 is 0.897 bits per heavy atom. The summed E-state index contributed by atoms with van der Waals surface area (Å²) < 4.78 is 240. The molecule has 0 atom stereocenters. The van der Waals surface area contributed by atoms with E-state index in [0.717, 1.165) is 38.1 Å². The van der Waals surface area contributed by atoms with E-state index in [9.17, 15) is 88.7 Å². The van der Waals surface area contributed by atoms with Gasteiger partial charge in [-0.1, -0.05) is 18.2 Å². The van der Waals surface area contributed by atoms with E-state index in [-0.39, 0.29) is 11.1 Å². The Bertz CT molecular complexity index is 2160. The van der Waals surface area contributed by atoms with Crippen molar-refractivity contribution < 1.29 is 117 Å². The van der Waals surface area contributed by atoms with Crippen LogP contribution in [0.2, 0.25) is 0 Å². The van der Waals surface area contributed by atoms with Gasteiger partial charge >= 0.3 is 59.8 Å². The van der Waals surface area contributed by atoms with Crippen molar-refractivity contribution in [2.75, 3.05) is 11.5 Å². The average Bonchev–Trinajstić information content (AvgIpc) is 3.03. The second-order valence-electron chi connectivity index (χ2n) is 11.4. The maximum atomic E-state index is 13.5. The summed E-state index contributed by atoms with van der Waals surface area (Å²) in [6, 6.07) is 5.05. The quantitative estimate of drug-likeness (QED) is 0.0598. The number of hydrogen-bond acceptors (Lipinski definition) is 12. The predicted molar refractivity (Wildman–Crippen MR) is 165 cm³/mol. The highest BCUT2D eigenvalue weighted by Crippen LogP contribution is 2.48. The fourth-order valence-corrected chi connectivity index (χ4v) is 5.79. The van der Waals surface area contributed by atoms with Gasteiger partial charge in [-0.2, -0.15) is 69.5 Å². The van der Waals surface area contributed by atoms with E-state index in [4.69, 9.17) is 18.6 Å². The molecule has 0 radical (unpaired) electrons. The summed E-state index contributed by atoms with van der Waals surface area (Å²) in [5.74, 6) is -14.8. The molecule has 14 nitrogen and oxygen atoms in total. The highest BCUT2D eigenvalue weighted by Gasteiger charge is 2.77. The van der Waals surface area contributed by atoms with Crippen molar-refractivity contribution in [1.29, 1.82) is 0 Å². The molecule has 0 fully saturated rings. The fourth-order valence-electron chi connectivity index (χ4n) is 3.99. The molecule has 322 valence electrons. The van der Waals surface area contributed by atoms with Gasteiger partial charge in [0, 0.05) is 11.1 Å². The first-order chi connectivity index (χ1) is 26.0. The minimum Gasteiger partial charge on any atom is -0.435 e. The molecule has 0 amide bonds. The van der Waals surface area contributed by atoms with Crippen LogP contribution < -0.4 is 9.47 Å². The number of esters is 4. The van der Waals surface area contributed by atoms with Crippen LogP contribution in [0.15, 0.2) is 71.8 Å². The highest BCUT2D eigenvalue weighted by molar-refractivity contribution is 7.86. The molecule has 2 rings (SSSR count). The zero-order valence-electron chi connectivity index (χ0n) is 28.3. The van der Waals surface area contributed by atoms with Crippen LogP contribution in [0.5, 0.6) is 11.5 Å². The standard InChI is InChI=1S/C30H22F12O14S2/c1-15(21(43)53-19-10-8-17(9-11-19)23(45)55-25(27(31,32)33,28(34,35)36)13-57(47,48)49)6-7-16(2)22(44)54-20-5-3-4-18(12-20)24(46)56-26(29(37,38)39,30(40,41)42)14-58(50,51)52/h3-12H,13-14H2,1-2H3,(H,47,48,49)(H,50,51,52)/b15-6+,16-7?. The number of halogens is 12. The average molecular weight is 899 g/mol. The molecule has 28 heteroatoms. The van der Waals surface area contributed by atoms with Crippen LogP contribution in [-0.4, -0.2) is 97.2 Å². The normalized spacial score (nSPS) is 14.1. The van der Waals surface area contributed by atoms with Crippen LogP contribution in [0.1, 0.15) is 34.6 Å². The Balaban J connectivity index is 2.21. The number of benzene rings is 2. The van der Waals surface area contributed by atoms with Crippen molar-refractivity contribution in [3.05, 3.63) is 83.0 Å². The van der Waals surface area contributed by atoms with E-state index in [0.29, 0.717) is 36.4 Å². The number of rotatable bonds is 13. The van der Waals surface area contributed by atoms with Crippen LogP contribution in [-0.2, 0) is 39.3 Å². The van der Waals surface area contributed by atoms with Crippen LogP contribution in [0, 0.1) is 0 Å². The Morgan fingerprint density at radius 1 is 0.552 bits per heavy atom. The number of carbonyl (C=O) groups is 4. The topological polar surface area (TPSA) is 214 Å². The SMILES string of the molecule is CC(=C/C=C(\C)C(=O)Oc1ccc(C(=O)OC(CS(=O)(=O)O)(C(F)(F)F)C(F)(F)F)cc1)C(=O)Oc1cccc(C(=O)OC(CS(=O)(=O)O)(C(F)(F)F)C(F)(F)F)c1. The van der Waals surface area contributed by atoms with E-state index >= 15 is 0 Å². The van der Waals surface area contributed by atoms with Crippen molar-refractivity contribution in [1.82, 2.24) is 0 Å². The molecule has 58 heavy (non-hydrogen) atoms. The Labute approximate surface area is 316 Å². The molecule has 2 aromatic carbocycles. The molecular formula is C30H22F12O14S2. The second-order valence-corrected chi connectivity index (χ2v) is 14.3. The molecule has 2 aromatic rings. The number of ether oxygens (including phenoxy) is 4. The third kappa shape index (κ3) is 12.1. The van der Waals surface area contributed by atoms with Gasteiger partial charge in [0.25, 0.3) is 20.2 Å². The lowest BCUT2D eigenvalue weighted by molar-refractivity contribution is -0.356. The summed E-state index contributed by atoms with van der Waals surface area (Å²) in [6.07, 6.45) is -24.6. The van der Waals surface area contributed by atoms with E-state index in [1.165, 1.54) is 0 Å². The van der Waals surface area contributed by atoms with Crippen LogP contribution in [0.4, 0.5) is 52.7 Å². The van der Waals surface area contributed by atoms with Gasteiger partial charge in [-0.05, 0) is 56.3 Å². The van der Waals surface area contributed by atoms with E-state index in [2.05, 4.69) is 9.47 Å². The van der Waals surface area contributed by atoms with E-state index in [1.54, 1.807) is 0 Å². The van der Waals surface area contributed by atoms with Gasteiger partial charge in [0.15, 0.2) is 0 Å². The van der Waals surface area contributed by atoms with Crippen molar-refractivity contribution in [2.45, 2.75) is 49.8 Å². The molecule has 0 saturated carbocycles. The zero-order valence-corrected chi connectivity index (χ0v) is 30.0. The van der Waals surface area contributed by atoms with Gasteiger partial charge in [0.1, 0.15) is 23.0 Å². The molecule has 2 N–H and O–H groups in total. The number of carbonyl (C=O) groups excluding carboxylic acids is 4. The smallest absolute Gasteiger partial charge is 0.435 e. The minimum atomic E-state index is -6.63. The maximum absolute atomic E-state index is 13.5. The third-order valence-electron chi connectivity index (χ3n) is 6.94. The molecule has 0 aromatic heterocycles. The van der Waals surface area contributed by atoms with Crippen molar-refractivity contribution in [3.63, 3.8) is 0 Å². The first kappa shape index (κ1) is 48.9. The van der Waals surface area contributed by atoms with Gasteiger partial charge in [0.2, 0.25) is 0 Å². The molecule has 0 aliphatic carbocycles. The van der Waals surface area contributed by atoms with Gasteiger partial charge in [-0.25, -0.2) is 19.2 Å². The summed E-state index contributed by atoms with van der Waals surface area (Å²) in [4.78, 5) is 49.6. The highest BCUT2D eigenvalue weighted by atomic mass is 32.2. The molecular weight excluding hydrogens is 876 g/mol. The Kier molecular flexibility index (Phi) is 14.3. The minimum absolute atomic E-state index is 0.339. The third-order valence-corrected chi connectivity index (χ3v) is 8.49. The van der Waals surface area contributed by atoms with Crippen LogP contribution in [0.25, 0.3) is 0 Å². The van der Waals surface area contributed by atoms with Gasteiger partial charge in [0.05, 0.1) is 11.1 Å².